The predicted octanol–water partition coefficient (Wildman–Crippen LogP) is 5.10. The summed E-state index contributed by atoms with van der Waals surface area (Å²) in [7, 11) is 0. The lowest BCUT2D eigenvalue weighted by Crippen LogP contribution is -2.59. The second-order valence-corrected chi connectivity index (χ2v) is 9.98. The molecule has 2 aliphatic rings. The van der Waals surface area contributed by atoms with Gasteiger partial charge in [0.25, 0.3) is 0 Å². The molecule has 3 nitrogen and oxygen atoms in total. The van der Waals surface area contributed by atoms with Crippen LogP contribution in [0, 0.1) is 22.7 Å². The second kappa shape index (κ2) is 6.30. The quantitative estimate of drug-likeness (QED) is 0.709. The number of carbonyl (C=O) groups excluding carboxylic acids is 1. The first-order valence-electron chi connectivity index (χ1n) is 9.81. The number of esters is 1. The van der Waals surface area contributed by atoms with Gasteiger partial charge >= 0.3 is 5.97 Å². The van der Waals surface area contributed by atoms with Gasteiger partial charge in [-0.15, -0.1) is 0 Å². The minimum absolute atomic E-state index is 0.0218. The zero-order valence-corrected chi connectivity index (χ0v) is 16.9. The number of aliphatic hydroxyl groups is 1. The SMILES string of the molecule is CCC(C)C(=O)OC(C)(C)C12CCCC(CC(C)(C(C)(C)O)C1)C2. The molecule has 1 N–H and O–H groups in total. The van der Waals surface area contributed by atoms with Crippen LogP contribution in [-0.2, 0) is 9.53 Å². The van der Waals surface area contributed by atoms with Gasteiger partial charge in [-0.2, -0.15) is 0 Å². The lowest BCUT2D eigenvalue weighted by atomic mass is 9.47. The topological polar surface area (TPSA) is 46.5 Å². The van der Waals surface area contributed by atoms with E-state index >= 15 is 0 Å². The molecule has 0 radical (unpaired) electrons. The Labute approximate surface area is 148 Å². The molecule has 0 aromatic carbocycles. The standard InChI is InChI=1S/C21H38O3/c1-8-15(2)17(22)24-19(5,6)21-11-9-10-16(13-21)12-20(7,14-21)18(3,4)23/h15-16,23H,8-14H2,1-7H3. The maximum atomic E-state index is 12.5. The average Bonchev–Trinajstić information content (AvgIpc) is 2.44. The molecule has 2 rings (SSSR count). The van der Waals surface area contributed by atoms with E-state index in [2.05, 4.69) is 20.8 Å². The number of fused-ring (bicyclic) bond motifs is 2. The van der Waals surface area contributed by atoms with Crippen LogP contribution in [0.3, 0.4) is 0 Å². The molecular formula is C21H38O3. The minimum Gasteiger partial charge on any atom is -0.459 e. The minimum atomic E-state index is -0.717. The molecule has 4 unspecified atom stereocenters. The Balaban J connectivity index is 2.32. The summed E-state index contributed by atoms with van der Waals surface area (Å²) in [5.41, 5.74) is -1.35. The largest absolute Gasteiger partial charge is 0.459 e. The molecule has 0 spiro atoms. The Kier molecular flexibility index (Phi) is 5.19. The molecule has 0 aliphatic heterocycles. The zero-order valence-electron chi connectivity index (χ0n) is 16.9. The Hall–Kier alpha value is -0.570. The van der Waals surface area contributed by atoms with Crippen LogP contribution in [0.2, 0.25) is 0 Å². The van der Waals surface area contributed by atoms with Crippen molar-refractivity contribution in [1.29, 1.82) is 0 Å². The summed E-state index contributed by atoms with van der Waals surface area (Å²) in [6.07, 6.45) is 7.48. The summed E-state index contributed by atoms with van der Waals surface area (Å²) in [5, 5.41) is 10.8. The Morgan fingerprint density at radius 3 is 2.46 bits per heavy atom. The molecule has 0 aromatic rings. The van der Waals surface area contributed by atoms with Crippen molar-refractivity contribution in [1.82, 2.24) is 0 Å². The van der Waals surface area contributed by atoms with Gasteiger partial charge in [0, 0.05) is 5.41 Å². The summed E-state index contributed by atoms with van der Waals surface area (Å²) in [4.78, 5) is 12.5. The second-order valence-electron chi connectivity index (χ2n) is 9.98. The third-order valence-electron chi connectivity index (χ3n) is 7.54. The van der Waals surface area contributed by atoms with Gasteiger partial charge in [0.15, 0.2) is 0 Å². The molecule has 0 heterocycles. The molecule has 4 atom stereocenters. The van der Waals surface area contributed by atoms with Gasteiger partial charge < -0.3 is 9.84 Å². The fourth-order valence-electron chi connectivity index (χ4n) is 5.13. The summed E-state index contributed by atoms with van der Waals surface area (Å²) in [5.74, 6) is 0.504. The summed E-state index contributed by atoms with van der Waals surface area (Å²) >= 11 is 0. The predicted molar refractivity (Wildman–Crippen MR) is 97.7 cm³/mol. The highest BCUT2D eigenvalue weighted by Gasteiger charge is 2.59. The highest BCUT2D eigenvalue weighted by molar-refractivity contribution is 5.72. The van der Waals surface area contributed by atoms with E-state index in [1.165, 1.54) is 12.8 Å². The molecule has 2 fully saturated rings. The van der Waals surface area contributed by atoms with Crippen molar-refractivity contribution in [3.63, 3.8) is 0 Å². The third-order valence-corrected chi connectivity index (χ3v) is 7.54. The summed E-state index contributed by atoms with van der Waals surface area (Å²) in [6, 6.07) is 0. The van der Waals surface area contributed by atoms with Gasteiger partial charge in [0.1, 0.15) is 5.60 Å². The Morgan fingerprint density at radius 2 is 1.92 bits per heavy atom. The van der Waals surface area contributed by atoms with Gasteiger partial charge in [0.2, 0.25) is 0 Å². The smallest absolute Gasteiger partial charge is 0.309 e. The van der Waals surface area contributed by atoms with Crippen LogP contribution >= 0.6 is 0 Å². The third kappa shape index (κ3) is 3.38. The Morgan fingerprint density at radius 1 is 1.29 bits per heavy atom. The van der Waals surface area contributed by atoms with Gasteiger partial charge in [0.05, 0.1) is 11.5 Å². The van der Waals surface area contributed by atoms with Crippen LogP contribution in [0.25, 0.3) is 0 Å². The van der Waals surface area contributed by atoms with E-state index in [4.69, 9.17) is 4.74 Å². The molecule has 0 amide bonds. The van der Waals surface area contributed by atoms with E-state index in [1.54, 1.807) is 0 Å². The first kappa shape index (κ1) is 19.8. The van der Waals surface area contributed by atoms with Crippen molar-refractivity contribution >= 4 is 5.97 Å². The number of hydrogen-bond donors (Lipinski definition) is 1. The Bertz CT molecular complexity index is 476. The molecule has 2 saturated carbocycles. The lowest BCUT2D eigenvalue weighted by molar-refractivity contribution is -0.207. The van der Waals surface area contributed by atoms with E-state index < -0.39 is 11.2 Å². The highest BCUT2D eigenvalue weighted by Crippen LogP contribution is 2.63. The molecule has 24 heavy (non-hydrogen) atoms. The number of ether oxygens (including phenoxy) is 1. The van der Waals surface area contributed by atoms with Crippen LogP contribution in [0.1, 0.15) is 93.4 Å². The lowest BCUT2D eigenvalue weighted by Gasteiger charge is -2.61. The first-order chi connectivity index (χ1) is 10.9. The van der Waals surface area contributed by atoms with Crippen LogP contribution in [0.4, 0.5) is 0 Å². The number of carbonyl (C=O) groups is 1. The van der Waals surface area contributed by atoms with Crippen LogP contribution in [-0.4, -0.2) is 22.3 Å². The van der Waals surface area contributed by atoms with E-state index in [0.29, 0.717) is 5.92 Å². The van der Waals surface area contributed by atoms with Gasteiger partial charge in [-0.3, -0.25) is 4.79 Å². The molecule has 0 aromatic heterocycles. The fourth-order valence-corrected chi connectivity index (χ4v) is 5.13. The van der Waals surface area contributed by atoms with E-state index in [0.717, 1.165) is 32.1 Å². The van der Waals surface area contributed by atoms with Crippen LogP contribution in [0.15, 0.2) is 0 Å². The summed E-state index contributed by atoms with van der Waals surface area (Å²) in [6.45, 7) is 14.3. The van der Waals surface area contributed by atoms with Crippen molar-refractivity contribution in [3.8, 4) is 0 Å². The first-order valence-corrected chi connectivity index (χ1v) is 9.81. The molecule has 2 bridgehead atoms. The molecule has 3 heteroatoms. The van der Waals surface area contributed by atoms with Crippen LogP contribution in [0.5, 0.6) is 0 Å². The molecule has 2 aliphatic carbocycles. The van der Waals surface area contributed by atoms with Crippen molar-refractivity contribution in [2.45, 2.75) is 105 Å². The van der Waals surface area contributed by atoms with E-state index in [9.17, 15) is 9.90 Å². The molecule has 0 saturated heterocycles. The van der Waals surface area contributed by atoms with Crippen molar-refractivity contribution in [2.75, 3.05) is 0 Å². The summed E-state index contributed by atoms with van der Waals surface area (Å²) < 4.78 is 6.09. The van der Waals surface area contributed by atoms with Crippen molar-refractivity contribution < 1.29 is 14.6 Å². The fraction of sp³-hybridized carbons (Fsp3) is 0.952. The van der Waals surface area contributed by atoms with E-state index in [-0.39, 0.29) is 22.7 Å². The molecule has 140 valence electrons. The maximum Gasteiger partial charge on any atom is 0.309 e. The van der Waals surface area contributed by atoms with Crippen LogP contribution < -0.4 is 0 Å². The number of rotatable bonds is 5. The zero-order chi connectivity index (χ0) is 18.4. The molecular weight excluding hydrogens is 300 g/mol. The monoisotopic (exact) mass is 338 g/mol. The van der Waals surface area contributed by atoms with Crippen molar-refractivity contribution in [2.24, 2.45) is 22.7 Å². The normalized spacial score (nSPS) is 35.4. The number of hydrogen-bond acceptors (Lipinski definition) is 3. The average molecular weight is 339 g/mol. The maximum absolute atomic E-state index is 12.5. The van der Waals surface area contributed by atoms with E-state index in [1.807, 2.05) is 27.7 Å². The van der Waals surface area contributed by atoms with Crippen molar-refractivity contribution in [3.05, 3.63) is 0 Å². The van der Waals surface area contributed by atoms with Gasteiger partial charge in [-0.25, -0.2) is 0 Å². The van der Waals surface area contributed by atoms with Gasteiger partial charge in [-0.1, -0.05) is 33.6 Å². The van der Waals surface area contributed by atoms with Gasteiger partial charge in [-0.05, 0) is 71.1 Å². The highest BCUT2D eigenvalue weighted by atomic mass is 16.6.